The molecule has 1 atom stereocenters. The van der Waals surface area contributed by atoms with Crippen LogP contribution in [-0.2, 0) is 17.7 Å². The summed E-state index contributed by atoms with van der Waals surface area (Å²) >= 11 is 3.60. The van der Waals surface area contributed by atoms with E-state index in [-0.39, 0.29) is 0 Å². The molecule has 1 heterocycles. The van der Waals surface area contributed by atoms with Crippen molar-refractivity contribution in [3.63, 3.8) is 0 Å². The Bertz CT molecular complexity index is 338. The largest absolute Gasteiger partial charge is 0.383 e. The van der Waals surface area contributed by atoms with Gasteiger partial charge in [-0.05, 0) is 36.8 Å². The van der Waals surface area contributed by atoms with Gasteiger partial charge < -0.3 is 10.1 Å². The van der Waals surface area contributed by atoms with E-state index in [1.54, 1.807) is 7.11 Å². The quantitative estimate of drug-likeness (QED) is 0.867. The molecule has 0 aliphatic rings. The summed E-state index contributed by atoms with van der Waals surface area (Å²) in [6.07, 6.45) is 0.916. The molecule has 4 nitrogen and oxygen atoms in total. The maximum atomic E-state index is 5.18. The third kappa shape index (κ3) is 3.06. The van der Waals surface area contributed by atoms with Crippen molar-refractivity contribution in [2.75, 3.05) is 20.8 Å². The van der Waals surface area contributed by atoms with Crippen molar-refractivity contribution in [3.8, 4) is 0 Å². The average Bonchev–Trinajstić information content (AvgIpc) is 2.55. The number of aryl methyl sites for hydroxylation is 2. The molecule has 16 heavy (non-hydrogen) atoms. The van der Waals surface area contributed by atoms with E-state index in [1.165, 1.54) is 5.69 Å². The molecule has 1 N–H and O–H groups in total. The molecule has 0 saturated carbocycles. The van der Waals surface area contributed by atoms with Crippen LogP contribution in [0.25, 0.3) is 0 Å². The molecule has 0 aromatic carbocycles. The van der Waals surface area contributed by atoms with Gasteiger partial charge in [0.25, 0.3) is 0 Å². The Hall–Kier alpha value is -0.390. The maximum absolute atomic E-state index is 5.18. The van der Waals surface area contributed by atoms with E-state index in [4.69, 9.17) is 4.74 Å². The van der Waals surface area contributed by atoms with Crippen LogP contribution >= 0.6 is 15.9 Å². The highest BCUT2D eigenvalue weighted by atomic mass is 79.9. The second-order valence-corrected chi connectivity index (χ2v) is 4.60. The molecule has 0 aliphatic heterocycles. The number of hydrogen-bond acceptors (Lipinski definition) is 3. The van der Waals surface area contributed by atoms with Gasteiger partial charge in [-0.25, -0.2) is 0 Å². The number of rotatable bonds is 6. The molecular formula is C11H20BrN3O. The predicted molar refractivity (Wildman–Crippen MR) is 68.8 cm³/mol. The van der Waals surface area contributed by atoms with Crippen LogP contribution in [0.2, 0.25) is 0 Å². The first kappa shape index (κ1) is 13.7. The Labute approximate surface area is 105 Å². The number of hydrogen-bond donors (Lipinski definition) is 1. The number of likely N-dealkylation sites (N-methyl/N-ethyl adjacent to an activating group) is 1. The highest BCUT2D eigenvalue weighted by Gasteiger charge is 2.16. The van der Waals surface area contributed by atoms with Gasteiger partial charge in [0.2, 0.25) is 0 Å². The van der Waals surface area contributed by atoms with Crippen LogP contribution in [0.4, 0.5) is 0 Å². The minimum Gasteiger partial charge on any atom is -0.383 e. The molecule has 0 fully saturated rings. The lowest BCUT2D eigenvalue weighted by atomic mass is 10.1. The molecular weight excluding hydrogens is 270 g/mol. The van der Waals surface area contributed by atoms with Gasteiger partial charge in [0.05, 0.1) is 22.5 Å². The van der Waals surface area contributed by atoms with Crippen molar-refractivity contribution in [2.45, 2.75) is 32.9 Å². The Morgan fingerprint density at radius 2 is 2.25 bits per heavy atom. The van der Waals surface area contributed by atoms with Crippen molar-refractivity contribution in [1.29, 1.82) is 0 Å². The number of aromatic nitrogens is 2. The first-order chi connectivity index (χ1) is 7.63. The zero-order chi connectivity index (χ0) is 12.1. The molecule has 0 spiro atoms. The van der Waals surface area contributed by atoms with Crippen molar-refractivity contribution in [3.05, 3.63) is 15.9 Å². The Kier molecular flexibility index (Phi) is 5.44. The van der Waals surface area contributed by atoms with Crippen LogP contribution in [0, 0.1) is 6.92 Å². The number of ether oxygens (including phenoxy) is 1. The molecule has 92 valence electrons. The zero-order valence-corrected chi connectivity index (χ0v) is 12.0. The van der Waals surface area contributed by atoms with E-state index in [0.717, 1.165) is 23.1 Å². The number of halogens is 1. The van der Waals surface area contributed by atoms with E-state index in [0.29, 0.717) is 12.6 Å². The summed E-state index contributed by atoms with van der Waals surface area (Å²) in [4.78, 5) is 0. The third-order valence-electron chi connectivity index (χ3n) is 2.67. The van der Waals surface area contributed by atoms with Gasteiger partial charge in [0, 0.05) is 26.1 Å². The minimum absolute atomic E-state index is 0.322. The highest BCUT2D eigenvalue weighted by molar-refractivity contribution is 9.10. The standard InChI is InChI=1S/C11H20BrN3O/c1-5-15-10(11(12)8(2)14-15)6-9(13-3)7-16-4/h9,13H,5-7H2,1-4H3. The SMILES string of the molecule is CCn1nc(C)c(Br)c1CC(COC)NC. The fourth-order valence-electron chi connectivity index (χ4n) is 1.74. The number of nitrogens with zero attached hydrogens (tertiary/aromatic N) is 2. The summed E-state index contributed by atoms with van der Waals surface area (Å²) in [5.41, 5.74) is 2.28. The Morgan fingerprint density at radius 1 is 1.56 bits per heavy atom. The second kappa shape index (κ2) is 6.37. The maximum Gasteiger partial charge on any atom is 0.0738 e. The van der Waals surface area contributed by atoms with Crippen LogP contribution in [0.1, 0.15) is 18.3 Å². The monoisotopic (exact) mass is 289 g/mol. The van der Waals surface area contributed by atoms with E-state index >= 15 is 0 Å². The van der Waals surface area contributed by atoms with Crippen LogP contribution in [0.15, 0.2) is 4.47 Å². The number of methoxy groups -OCH3 is 1. The molecule has 5 heteroatoms. The van der Waals surface area contributed by atoms with Crippen molar-refractivity contribution >= 4 is 15.9 Å². The topological polar surface area (TPSA) is 39.1 Å². The molecule has 0 saturated heterocycles. The fourth-order valence-corrected chi connectivity index (χ4v) is 2.19. The Morgan fingerprint density at radius 3 is 2.75 bits per heavy atom. The zero-order valence-electron chi connectivity index (χ0n) is 10.4. The van der Waals surface area contributed by atoms with Gasteiger partial charge in [0.1, 0.15) is 0 Å². The van der Waals surface area contributed by atoms with E-state index in [9.17, 15) is 0 Å². The lowest BCUT2D eigenvalue weighted by Crippen LogP contribution is -2.33. The lowest BCUT2D eigenvalue weighted by molar-refractivity contribution is 0.168. The van der Waals surface area contributed by atoms with Crippen LogP contribution in [0.3, 0.4) is 0 Å². The summed E-state index contributed by atoms with van der Waals surface area (Å²) in [6, 6.07) is 0.322. The second-order valence-electron chi connectivity index (χ2n) is 3.81. The summed E-state index contributed by atoms with van der Waals surface area (Å²) in [5, 5.41) is 7.73. The minimum atomic E-state index is 0.322. The third-order valence-corrected chi connectivity index (χ3v) is 3.70. The van der Waals surface area contributed by atoms with E-state index in [2.05, 4.69) is 33.3 Å². The molecule has 0 amide bonds. The molecule has 1 aromatic heterocycles. The normalized spacial score (nSPS) is 13.1. The predicted octanol–water partition coefficient (Wildman–Crippen LogP) is 1.75. The van der Waals surface area contributed by atoms with Crippen LogP contribution < -0.4 is 5.32 Å². The average molecular weight is 290 g/mol. The van der Waals surface area contributed by atoms with Gasteiger partial charge in [-0.3, -0.25) is 4.68 Å². The van der Waals surface area contributed by atoms with Gasteiger partial charge in [-0.2, -0.15) is 5.10 Å². The molecule has 0 aliphatic carbocycles. The van der Waals surface area contributed by atoms with Gasteiger partial charge in [-0.15, -0.1) is 0 Å². The molecule has 1 aromatic rings. The van der Waals surface area contributed by atoms with Crippen LogP contribution in [-0.4, -0.2) is 36.6 Å². The van der Waals surface area contributed by atoms with Crippen molar-refractivity contribution < 1.29 is 4.74 Å². The molecule has 1 rings (SSSR count). The first-order valence-electron chi connectivity index (χ1n) is 5.52. The van der Waals surface area contributed by atoms with Crippen molar-refractivity contribution in [2.24, 2.45) is 0 Å². The van der Waals surface area contributed by atoms with E-state index in [1.807, 2.05) is 18.7 Å². The summed E-state index contributed by atoms with van der Waals surface area (Å²) in [6.45, 7) is 5.72. The molecule has 1 unspecified atom stereocenters. The molecule has 0 bridgehead atoms. The highest BCUT2D eigenvalue weighted by Crippen LogP contribution is 2.22. The smallest absolute Gasteiger partial charge is 0.0738 e. The summed E-state index contributed by atoms with van der Waals surface area (Å²) < 4.78 is 8.34. The van der Waals surface area contributed by atoms with Gasteiger partial charge in [-0.1, -0.05) is 0 Å². The van der Waals surface area contributed by atoms with E-state index < -0.39 is 0 Å². The lowest BCUT2D eigenvalue weighted by Gasteiger charge is -2.16. The van der Waals surface area contributed by atoms with Gasteiger partial charge in [0.15, 0.2) is 0 Å². The molecule has 0 radical (unpaired) electrons. The first-order valence-corrected chi connectivity index (χ1v) is 6.31. The van der Waals surface area contributed by atoms with Crippen molar-refractivity contribution in [1.82, 2.24) is 15.1 Å². The summed E-state index contributed by atoms with van der Waals surface area (Å²) in [7, 11) is 3.68. The fraction of sp³-hybridized carbons (Fsp3) is 0.727. The number of nitrogens with one attached hydrogen (secondary N) is 1. The summed E-state index contributed by atoms with van der Waals surface area (Å²) in [5.74, 6) is 0. The van der Waals surface area contributed by atoms with Crippen LogP contribution in [0.5, 0.6) is 0 Å². The Balaban J connectivity index is 2.85. The van der Waals surface area contributed by atoms with Gasteiger partial charge >= 0.3 is 0 Å².